The normalized spacial score (nSPS) is 41.8. The molecule has 1 spiro atoms. The van der Waals surface area contributed by atoms with Crippen molar-refractivity contribution in [1.29, 1.82) is 0 Å². The van der Waals surface area contributed by atoms with Crippen LogP contribution in [0.5, 0.6) is 0 Å². The number of piperidine rings is 2. The molecule has 4 rings (SSSR count). The molecule has 3 atom stereocenters. The van der Waals surface area contributed by atoms with Gasteiger partial charge < -0.3 is 9.80 Å². The predicted molar refractivity (Wildman–Crippen MR) is 82.9 cm³/mol. The van der Waals surface area contributed by atoms with Gasteiger partial charge in [-0.15, -0.1) is 0 Å². The molecule has 1 N–H and O–H groups in total. The molecule has 21 heavy (non-hydrogen) atoms. The monoisotopic (exact) mass is 291 g/mol. The summed E-state index contributed by atoms with van der Waals surface area (Å²) in [6.45, 7) is 2.23. The molecule has 4 nitrogen and oxygen atoms in total. The quantitative estimate of drug-likeness (QED) is 0.865. The molecule has 0 aromatic carbocycles. The van der Waals surface area contributed by atoms with Gasteiger partial charge in [-0.25, -0.2) is 0 Å². The fourth-order valence-corrected chi connectivity index (χ4v) is 5.04. The Labute approximate surface area is 128 Å². The maximum Gasteiger partial charge on any atom is 0.244 e. The van der Waals surface area contributed by atoms with Crippen LogP contribution in [0.15, 0.2) is 0 Å². The number of nitrogens with one attached hydrogen (secondary N) is 1. The zero-order valence-electron chi connectivity index (χ0n) is 13.5. The second kappa shape index (κ2) is 4.95. The van der Waals surface area contributed by atoms with Crippen molar-refractivity contribution in [3.05, 3.63) is 0 Å². The van der Waals surface area contributed by atoms with Gasteiger partial charge in [0.2, 0.25) is 5.91 Å². The van der Waals surface area contributed by atoms with Gasteiger partial charge in [-0.2, -0.15) is 0 Å². The molecule has 1 saturated carbocycles. The van der Waals surface area contributed by atoms with Crippen molar-refractivity contribution in [2.75, 3.05) is 7.05 Å². The average Bonchev–Trinajstić information content (AvgIpc) is 3.15. The molecule has 4 heteroatoms. The molecule has 1 amide bonds. The Morgan fingerprint density at radius 3 is 2.43 bits per heavy atom. The SMILES string of the molecule is CCCC1NC2(CC2)C(=O)N1C1CC2CCCC(C1)N2C. The molecule has 118 valence electrons. The Morgan fingerprint density at radius 1 is 1.19 bits per heavy atom. The van der Waals surface area contributed by atoms with Crippen LogP contribution < -0.4 is 5.32 Å². The van der Waals surface area contributed by atoms with Crippen molar-refractivity contribution in [3.8, 4) is 0 Å². The minimum Gasteiger partial charge on any atom is -0.322 e. The molecule has 1 aliphatic carbocycles. The number of amides is 1. The summed E-state index contributed by atoms with van der Waals surface area (Å²) in [5.74, 6) is 0.425. The summed E-state index contributed by atoms with van der Waals surface area (Å²) in [6.07, 6.45) is 11.1. The minimum absolute atomic E-state index is 0.141. The van der Waals surface area contributed by atoms with Gasteiger partial charge in [0.25, 0.3) is 0 Å². The molecule has 4 fully saturated rings. The lowest BCUT2D eigenvalue weighted by atomic mass is 9.81. The topological polar surface area (TPSA) is 35.6 Å². The van der Waals surface area contributed by atoms with Gasteiger partial charge in [-0.1, -0.05) is 19.8 Å². The van der Waals surface area contributed by atoms with Gasteiger partial charge in [0, 0.05) is 18.1 Å². The van der Waals surface area contributed by atoms with E-state index in [0.29, 0.717) is 30.2 Å². The Bertz CT molecular complexity index is 420. The van der Waals surface area contributed by atoms with Gasteiger partial charge in [-0.05, 0) is 52.0 Å². The van der Waals surface area contributed by atoms with Crippen LogP contribution in [0.4, 0.5) is 0 Å². The van der Waals surface area contributed by atoms with Crippen molar-refractivity contribution in [2.45, 2.75) is 94.5 Å². The lowest BCUT2D eigenvalue weighted by Crippen LogP contribution is -2.57. The summed E-state index contributed by atoms with van der Waals surface area (Å²) >= 11 is 0. The van der Waals surface area contributed by atoms with Gasteiger partial charge in [0.05, 0.1) is 11.7 Å². The fourth-order valence-electron chi connectivity index (χ4n) is 5.04. The Kier molecular flexibility index (Phi) is 3.30. The zero-order valence-corrected chi connectivity index (χ0v) is 13.5. The Hall–Kier alpha value is -0.610. The van der Waals surface area contributed by atoms with E-state index in [0.717, 1.165) is 25.7 Å². The third-order valence-corrected chi connectivity index (χ3v) is 6.44. The number of carbonyl (C=O) groups is 1. The summed E-state index contributed by atoms with van der Waals surface area (Å²) in [7, 11) is 2.29. The summed E-state index contributed by atoms with van der Waals surface area (Å²) in [4.78, 5) is 17.8. The first-order chi connectivity index (χ1) is 10.1. The van der Waals surface area contributed by atoms with Gasteiger partial charge in [0.1, 0.15) is 0 Å². The molecule has 0 radical (unpaired) electrons. The number of nitrogens with zero attached hydrogens (tertiary/aromatic N) is 2. The smallest absolute Gasteiger partial charge is 0.244 e. The molecular formula is C17H29N3O. The van der Waals surface area contributed by atoms with Crippen LogP contribution in [0.25, 0.3) is 0 Å². The third-order valence-electron chi connectivity index (χ3n) is 6.44. The highest BCUT2D eigenvalue weighted by atomic mass is 16.2. The van der Waals surface area contributed by atoms with E-state index in [1.807, 2.05) is 0 Å². The van der Waals surface area contributed by atoms with Crippen LogP contribution in [0.3, 0.4) is 0 Å². The van der Waals surface area contributed by atoms with Crippen molar-refractivity contribution >= 4 is 5.91 Å². The van der Waals surface area contributed by atoms with E-state index >= 15 is 0 Å². The van der Waals surface area contributed by atoms with Crippen LogP contribution >= 0.6 is 0 Å². The molecule has 0 aromatic heterocycles. The molecular weight excluding hydrogens is 262 g/mol. The van der Waals surface area contributed by atoms with E-state index in [2.05, 4.69) is 29.1 Å². The Balaban J connectivity index is 1.55. The molecule has 2 bridgehead atoms. The molecule has 3 heterocycles. The maximum atomic E-state index is 12.9. The molecule has 0 aromatic rings. The second-order valence-electron chi connectivity index (χ2n) is 7.77. The highest BCUT2D eigenvalue weighted by molar-refractivity contribution is 5.92. The molecule has 3 saturated heterocycles. The van der Waals surface area contributed by atoms with Crippen molar-refractivity contribution in [1.82, 2.24) is 15.1 Å². The van der Waals surface area contributed by atoms with Crippen LogP contribution in [0, 0.1) is 0 Å². The highest BCUT2D eigenvalue weighted by Crippen LogP contribution is 2.45. The molecule has 3 aliphatic heterocycles. The predicted octanol–water partition coefficient (Wildman–Crippen LogP) is 2.09. The number of hydrogen-bond donors (Lipinski definition) is 1. The van der Waals surface area contributed by atoms with E-state index < -0.39 is 0 Å². The van der Waals surface area contributed by atoms with Crippen LogP contribution in [0.1, 0.15) is 64.7 Å². The summed E-state index contributed by atoms with van der Waals surface area (Å²) in [6, 6.07) is 1.88. The first-order valence-electron chi connectivity index (χ1n) is 8.97. The van der Waals surface area contributed by atoms with Crippen LogP contribution in [0.2, 0.25) is 0 Å². The van der Waals surface area contributed by atoms with Crippen molar-refractivity contribution in [3.63, 3.8) is 0 Å². The first kappa shape index (κ1) is 14.0. The summed E-state index contributed by atoms with van der Waals surface area (Å²) < 4.78 is 0. The van der Waals surface area contributed by atoms with Crippen molar-refractivity contribution in [2.24, 2.45) is 0 Å². The molecule has 3 unspecified atom stereocenters. The lowest BCUT2D eigenvalue weighted by Gasteiger charge is -2.50. The fraction of sp³-hybridized carbons (Fsp3) is 0.941. The third kappa shape index (κ3) is 2.14. The lowest BCUT2D eigenvalue weighted by molar-refractivity contribution is -0.135. The Morgan fingerprint density at radius 2 is 1.86 bits per heavy atom. The van der Waals surface area contributed by atoms with E-state index in [1.54, 1.807) is 0 Å². The van der Waals surface area contributed by atoms with E-state index in [1.165, 1.54) is 32.1 Å². The zero-order chi connectivity index (χ0) is 14.6. The minimum atomic E-state index is -0.141. The number of carbonyl (C=O) groups excluding carboxylic acids is 1. The first-order valence-corrected chi connectivity index (χ1v) is 8.97. The van der Waals surface area contributed by atoms with E-state index in [-0.39, 0.29) is 5.54 Å². The van der Waals surface area contributed by atoms with Gasteiger partial charge >= 0.3 is 0 Å². The molecule has 4 aliphatic rings. The maximum absolute atomic E-state index is 12.9. The van der Waals surface area contributed by atoms with Crippen LogP contribution in [-0.2, 0) is 4.79 Å². The van der Waals surface area contributed by atoms with Crippen LogP contribution in [-0.4, -0.2) is 52.6 Å². The van der Waals surface area contributed by atoms with Gasteiger partial charge in [-0.3, -0.25) is 10.1 Å². The number of fused-ring (bicyclic) bond motifs is 2. The van der Waals surface area contributed by atoms with E-state index in [4.69, 9.17) is 0 Å². The highest BCUT2D eigenvalue weighted by Gasteiger charge is 2.60. The standard InChI is InChI=1S/C17H29N3O/c1-3-5-15-18-17(8-9-17)16(21)20(15)14-10-12-6-4-7-13(11-14)19(12)2/h12-15,18H,3-11H2,1-2H3. The average molecular weight is 291 g/mol. The second-order valence-corrected chi connectivity index (χ2v) is 7.77. The van der Waals surface area contributed by atoms with Gasteiger partial charge in [0.15, 0.2) is 0 Å². The summed E-state index contributed by atoms with van der Waals surface area (Å²) in [5, 5.41) is 3.68. The largest absolute Gasteiger partial charge is 0.322 e. The van der Waals surface area contributed by atoms with Crippen molar-refractivity contribution < 1.29 is 4.79 Å². The summed E-state index contributed by atoms with van der Waals surface area (Å²) in [5.41, 5.74) is -0.141. The number of rotatable bonds is 3. The van der Waals surface area contributed by atoms with E-state index in [9.17, 15) is 4.79 Å². The number of hydrogen-bond acceptors (Lipinski definition) is 3.